The van der Waals surface area contributed by atoms with Crippen molar-refractivity contribution in [1.82, 2.24) is 74.1 Å². The number of hydrogen-bond acceptors (Lipinski definition) is 21. The number of ketones is 2. The molecule has 22 N–H and O–H groups in total. The highest BCUT2D eigenvalue weighted by Gasteiger charge is 2.44. The summed E-state index contributed by atoms with van der Waals surface area (Å²) in [4.78, 5) is 243. The molecule has 0 radical (unpaired) electrons. The van der Waals surface area contributed by atoms with Gasteiger partial charge in [0.25, 0.3) is 0 Å². The van der Waals surface area contributed by atoms with Crippen LogP contribution >= 0.6 is 0 Å². The van der Waals surface area contributed by atoms with Crippen LogP contribution < -0.4 is 80.6 Å². The Morgan fingerprint density at radius 1 is 0.560 bits per heavy atom. The number of hydrogen-bond donors (Lipinski definition) is 20. The van der Waals surface area contributed by atoms with E-state index < -0.39 is 229 Å². The molecular formula is C88H128N16O21. The van der Waals surface area contributed by atoms with Crippen molar-refractivity contribution in [3.63, 3.8) is 0 Å². The fourth-order valence-corrected chi connectivity index (χ4v) is 14.1. The number of primary amides is 2. The summed E-state index contributed by atoms with van der Waals surface area (Å²) in [5.74, 6) is -18.2. The summed E-state index contributed by atoms with van der Waals surface area (Å²) in [6, 6.07) is 3.62. The molecule has 37 nitrogen and oxygen atoms in total. The minimum Gasteiger partial charge on any atom is -0.508 e. The highest BCUT2D eigenvalue weighted by molar-refractivity contribution is 6.41. The molecule has 15 atom stereocenters. The normalized spacial score (nSPS) is 22.4. The second-order valence-electron chi connectivity index (χ2n) is 33.5. The molecule has 0 spiro atoms. The number of fused-ring (bicyclic) bond motifs is 1. The van der Waals surface area contributed by atoms with Crippen LogP contribution in [0.5, 0.6) is 5.75 Å². The van der Waals surface area contributed by atoms with Crippen molar-refractivity contribution in [3.8, 4) is 5.75 Å². The van der Waals surface area contributed by atoms with E-state index in [1.807, 2.05) is 26.0 Å². The largest absolute Gasteiger partial charge is 0.508 e. The van der Waals surface area contributed by atoms with E-state index >= 15 is 28.8 Å². The lowest BCUT2D eigenvalue weighted by Gasteiger charge is -2.34. The molecule has 1 aliphatic heterocycles. The highest BCUT2D eigenvalue weighted by atomic mass is 16.4. The first kappa shape index (κ1) is 104. The maximum atomic E-state index is 15.5. The average Bonchev–Trinajstić information content (AvgIpc) is 1.72. The first-order valence-corrected chi connectivity index (χ1v) is 42.5. The van der Waals surface area contributed by atoms with E-state index in [1.165, 1.54) is 72.7 Å². The molecule has 14 amide bonds. The molecule has 1 aromatic heterocycles. The number of carboxylic acids is 1. The Morgan fingerprint density at radius 3 is 1.78 bits per heavy atom. The molecule has 686 valence electrons. The molecule has 37 heteroatoms. The van der Waals surface area contributed by atoms with Crippen LogP contribution in [0.25, 0.3) is 10.9 Å². The van der Waals surface area contributed by atoms with Gasteiger partial charge in [-0.3, -0.25) is 81.5 Å². The number of carboxylic acid groups (broad SMARTS) is 1. The summed E-state index contributed by atoms with van der Waals surface area (Å²) in [7, 11) is 0. The maximum Gasteiger partial charge on any atom is 0.303 e. The zero-order chi connectivity index (χ0) is 93.0. The van der Waals surface area contributed by atoms with E-state index in [9.17, 15) is 73.2 Å². The van der Waals surface area contributed by atoms with Crippen molar-refractivity contribution in [3.05, 3.63) is 114 Å². The van der Waals surface area contributed by atoms with Crippen LogP contribution in [-0.2, 0) is 101 Å². The van der Waals surface area contributed by atoms with E-state index in [0.717, 1.165) is 0 Å². The highest BCUT2D eigenvalue weighted by Crippen LogP contribution is 2.25. The number of amides is 14. The molecule has 0 saturated carbocycles. The third kappa shape index (κ3) is 34.6. The predicted molar refractivity (Wildman–Crippen MR) is 462 cm³/mol. The Labute approximate surface area is 727 Å². The topological polar surface area (TPSA) is 595 Å². The summed E-state index contributed by atoms with van der Waals surface area (Å²) in [6.07, 6.45) is 3.42. The number of aromatic nitrogens is 1. The molecule has 0 aliphatic carbocycles. The zero-order valence-electron chi connectivity index (χ0n) is 73.1. The lowest BCUT2D eigenvalue weighted by Crippen LogP contribution is -2.65. The number of rotatable bonds is 33. The number of Topliss-reactive ketones (excluding diaryl/α,β-unsaturated/α-hetero) is 2. The Morgan fingerprint density at radius 2 is 1.16 bits per heavy atom. The molecule has 0 fully saturated rings. The zero-order valence-corrected chi connectivity index (χ0v) is 73.1. The van der Waals surface area contributed by atoms with Gasteiger partial charge in [0.15, 0.2) is 0 Å². The molecule has 4 unspecified atom stereocenters. The molecule has 2 heterocycles. The summed E-state index contributed by atoms with van der Waals surface area (Å²) < 4.78 is 0. The lowest BCUT2D eigenvalue weighted by molar-refractivity contribution is -0.140. The monoisotopic (exact) mass is 1740 g/mol. The van der Waals surface area contributed by atoms with Crippen molar-refractivity contribution in [2.45, 2.75) is 282 Å². The lowest BCUT2D eigenvalue weighted by atomic mass is 9.90. The number of aliphatic hydroxyl groups is 2. The van der Waals surface area contributed by atoms with E-state index in [4.69, 9.17) is 11.5 Å². The van der Waals surface area contributed by atoms with Gasteiger partial charge in [-0.2, -0.15) is 0 Å². The average molecular weight is 1750 g/mol. The second kappa shape index (κ2) is 50.7. The number of aliphatic carboxylic acids is 1. The number of para-hydroxylation sites is 1. The van der Waals surface area contributed by atoms with Gasteiger partial charge in [0.05, 0.1) is 30.7 Å². The number of carbonyl (C=O) groups is 17. The second-order valence-corrected chi connectivity index (χ2v) is 33.5. The van der Waals surface area contributed by atoms with Crippen LogP contribution in [0.3, 0.4) is 0 Å². The molecular weight excluding hydrogens is 1620 g/mol. The number of aromatic amines is 1. The number of aromatic hydroxyl groups is 1. The van der Waals surface area contributed by atoms with E-state index in [2.05, 4.69) is 74.1 Å². The van der Waals surface area contributed by atoms with Crippen LogP contribution in [0.1, 0.15) is 196 Å². The molecule has 5 rings (SSSR count). The fourth-order valence-electron chi connectivity index (χ4n) is 14.1. The van der Waals surface area contributed by atoms with Gasteiger partial charge >= 0.3 is 5.97 Å². The van der Waals surface area contributed by atoms with E-state index in [-0.39, 0.29) is 75.5 Å². The van der Waals surface area contributed by atoms with Gasteiger partial charge in [-0.1, -0.05) is 126 Å². The Hall–Kier alpha value is -12.0. The number of H-pyrrole nitrogens is 1. The SMILES string of the molecule is CC(=O)N[C@@H](CC(C)C)C(=O)N[C@H](C(=O)N[C@@H](Cc1ccccc1)C(=O)N[C@]1(C)CCCCCC/C=C/CCC[C@@](C)(C(=O)NC(CO)C(=O)N[C@@H](C)C(=O)NC(C)C(N)=O)NC(=O)[C@H](CCC(C)C)CN[C@@H](CCC(N)=O)C(=O)C(=O)C(C)NC(=O)[C@H](Cc2c[nH]c3ccccc23)NC(=O)C(Cc2ccc(O)cc2)NC(=O)[C@H](CCC(=O)O)NC1=O)[C@@H](C)O. The minimum absolute atomic E-state index is 0.0219. The van der Waals surface area contributed by atoms with Crippen LogP contribution in [0.15, 0.2) is 97.2 Å². The van der Waals surface area contributed by atoms with Gasteiger partial charge in [-0.15, -0.1) is 0 Å². The number of nitrogens with two attached hydrogens (primary N) is 2. The van der Waals surface area contributed by atoms with Crippen molar-refractivity contribution in [2.24, 2.45) is 29.2 Å². The Balaban J connectivity index is 1.66. The maximum absolute atomic E-state index is 15.5. The van der Waals surface area contributed by atoms with Crippen LogP contribution in [-0.4, -0.2) is 222 Å². The van der Waals surface area contributed by atoms with Crippen LogP contribution in [0.2, 0.25) is 0 Å². The number of nitrogens with one attached hydrogen (secondary N) is 14. The van der Waals surface area contributed by atoms with Crippen molar-refractivity contribution in [1.29, 1.82) is 0 Å². The standard InChI is InChI=1S/C88H128N16O21/c1-49(2)30-33-58-46-92-63(36-38-70(89)109)74(113)73(112)51(5)93-79(118)68(45-59-47-91-62-29-23-22-28-61(59)62)98-80(119)66(44-57-31-34-60(108)35-32-57)97-78(117)64(37-39-71(110)111)100-85(124)88(11,104-83(122)67(43-56-26-20-19-21-27-56)99-84(123)72(54(8)106)102-81(120)65(42-50(3)4)96-55(9)107)41-25-18-16-14-12-13-15-17-24-40-87(10,103-77(58)116)86(125)101-69(48-105)82(121)95-53(7)76(115)94-52(6)75(90)114/h13,15,19-23,26-29,31-32,34-35,47,49-54,58,63-69,72,91-92,105-106,108H,12,14,16-18,24-25,30,33,36-46,48H2,1-11H3,(H2,89,109)(H2,90,114)(H,93,118)(H,94,115)(H,95,121)(H,96,107)(H,97,117)(H,98,119)(H,99,123)(H,100,124)(H,101,125)(H,102,120)(H,103,116)(H,104,122)(H,110,111)/b15-13+/t51?,52?,53-,54+,58+,63-,64-,65-,66?,67-,68-,69?,72-,87-,88+/m0/s1. The number of phenols is 1. The van der Waals surface area contributed by atoms with Crippen molar-refractivity contribution in [2.75, 3.05) is 13.2 Å². The van der Waals surface area contributed by atoms with Crippen LogP contribution in [0.4, 0.5) is 0 Å². The first-order valence-electron chi connectivity index (χ1n) is 42.5. The third-order valence-electron chi connectivity index (χ3n) is 21.6. The van der Waals surface area contributed by atoms with Gasteiger partial charge in [-0.05, 0) is 152 Å². The quantitative estimate of drug-likeness (QED) is 0.0232. The minimum atomic E-state index is -2.07. The van der Waals surface area contributed by atoms with Gasteiger partial charge in [-0.25, -0.2) is 0 Å². The van der Waals surface area contributed by atoms with E-state index in [0.29, 0.717) is 66.1 Å². The van der Waals surface area contributed by atoms with Crippen molar-refractivity contribution < 1.29 is 102 Å². The molecule has 0 saturated heterocycles. The number of aliphatic hydroxyl groups excluding tert-OH is 2. The molecule has 1 aliphatic rings. The summed E-state index contributed by atoms with van der Waals surface area (Å²) in [5, 5.41) is 76.9. The number of benzene rings is 3. The van der Waals surface area contributed by atoms with Crippen LogP contribution in [0, 0.1) is 17.8 Å². The van der Waals surface area contributed by atoms with Gasteiger partial charge in [0, 0.05) is 62.7 Å². The smallest absolute Gasteiger partial charge is 0.303 e. The summed E-state index contributed by atoms with van der Waals surface area (Å²) in [5.41, 5.74) is 8.84. The number of allylic oxidation sites excluding steroid dienone is 2. The summed E-state index contributed by atoms with van der Waals surface area (Å²) >= 11 is 0. The number of carbonyl (C=O) groups excluding carboxylic acids is 16. The molecule has 4 aromatic rings. The van der Waals surface area contributed by atoms with Gasteiger partial charge < -0.3 is 106 Å². The van der Waals surface area contributed by atoms with Gasteiger partial charge in [0.1, 0.15) is 71.2 Å². The number of phenolic OH excluding ortho intramolecular Hbond substituents is 1. The summed E-state index contributed by atoms with van der Waals surface area (Å²) in [6.45, 7) is 15.0. The predicted octanol–water partition coefficient (Wildman–Crippen LogP) is 0.843. The Kier molecular flexibility index (Phi) is 42.0. The van der Waals surface area contributed by atoms with Gasteiger partial charge in [0.2, 0.25) is 94.3 Å². The molecule has 125 heavy (non-hydrogen) atoms. The Bertz CT molecular complexity index is 4420. The molecule has 3 aromatic carbocycles. The fraction of sp³-hybridized carbons (Fsp3) is 0.557. The third-order valence-corrected chi connectivity index (χ3v) is 21.6. The van der Waals surface area contributed by atoms with E-state index in [1.54, 1.807) is 74.6 Å². The first-order chi connectivity index (χ1) is 58.9. The van der Waals surface area contributed by atoms with Crippen molar-refractivity contribution >= 4 is 111 Å². The molecule has 0 bridgehead atoms.